The summed E-state index contributed by atoms with van der Waals surface area (Å²) in [5.74, 6) is 1.59. The number of hydrogen-bond donors (Lipinski definition) is 1. The molecule has 0 atom stereocenters. The van der Waals surface area contributed by atoms with Crippen LogP contribution in [0.5, 0.6) is 0 Å². The van der Waals surface area contributed by atoms with Crippen molar-refractivity contribution in [1.29, 1.82) is 0 Å². The molecule has 1 saturated carbocycles. The van der Waals surface area contributed by atoms with Crippen LogP contribution in [0.1, 0.15) is 47.7 Å². The van der Waals surface area contributed by atoms with E-state index in [0.717, 1.165) is 24.4 Å². The van der Waals surface area contributed by atoms with Crippen LogP contribution in [0, 0.1) is 6.92 Å². The molecule has 1 N–H and O–H groups in total. The third-order valence-electron chi connectivity index (χ3n) is 3.78. The molecule has 6 heteroatoms. The van der Waals surface area contributed by atoms with Crippen LogP contribution >= 0.6 is 0 Å². The van der Waals surface area contributed by atoms with Gasteiger partial charge < -0.3 is 9.32 Å². The van der Waals surface area contributed by atoms with Crippen molar-refractivity contribution in [2.24, 2.45) is 0 Å². The fraction of sp³-hybridized carbons (Fsp3) is 0.500. The Morgan fingerprint density at radius 1 is 1.45 bits per heavy atom. The first-order valence-corrected chi connectivity index (χ1v) is 6.96. The third-order valence-corrected chi connectivity index (χ3v) is 3.78. The van der Waals surface area contributed by atoms with E-state index < -0.39 is 0 Å². The normalized spacial score (nSPS) is 15.7. The van der Waals surface area contributed by atoms with Gasteiger partial charge in [-0.2, -0.15) is 15.4 Å². The first kappa shape index (κ1) is 12.9. The summed E-state index contributed by atoms with van der Waals surface area (Å²) in [7, 11) is 0. The van der Waals surface area contributed by atoms with Crippen LogP contribution in [0.25, 0.3) is 0 Å². The number of furan rings is 1. The van der Waals surface area contributed by atoms with E-state index >= 15 is 0 Å². The number of nitrogens with one attached hydrogen (secondary N) is 1. The predicted molar refractivity (Wildman–Crippen MR) is 72.0 cm³/mol. The number of aromatic amines is 1. The lowest BCUT2D eigenvalue weighted by molar-refractivity contribution is 0.0642. The van der Waals surface area contributed by atoms with Gasteiger partial charge in [-0.3, -0.25) is 4.79 Å². The van der Waals surface area contributed by atoms with E-state index in [9.17, 15) is 4.79 Å². The van der Waals surface area contributed by atoms with Crippen molar-refractivity contribution < 1.29 is 9.21 Å². The highest BCUT2D eigenvalue weighted by molar-refractivity contribution is 5.92. The average molecular weight is 274 g/mol. The van der Waals surface area contributed by atoms with Crippen LogP contribution in [-0.2, 0) is 6.54 Å². The summed E-state index contributed by atoms with van der Waals surface area (Å²) in [5.41, 5.74) is 0.361. The molecule has 2 heterocycles. The fourth-order valence-corrected chi connectivity index (χ4v) is 2.77. The Bertz CT molecular complexity index is 570. The van der Waals surface area contributed by atoms with Crippen molar-refractivity contribution in [1.82, 2.24) is 20.3 Å². The Labute approximate surface area is 117 Å². The van der Waals surface area contributed by atoms with E-state index in [0.29, 0.717) is 12.2 Å². The largest absolute Gasteiger partial charge is 0.464 e. The topological polar surface area (TPSA) is 75.0 Å². The van der Waals surface area contributed by atoms with E-state index in [1.54, 1.807) is 0 Å². The van der Waals surface area contributed by atoms with Gasteiger partial charge in [0.2, 0.25) is 0 Å². The Morgan fingerprint density at radius 2 is 2.25 bits per heavy atom. The number of carbonyl (C=O) groups excluding carboxylic acids is 1. The zero-order valence-electron chi connectivity index (χ0n) is 11.5. The number of hydrogen-bond acceptors (Lipinski definition) is 4. The Balaban J connectivity index is 1.81. The number of carbonyl (C=O) groups is 1. The van der Waals surface area contributed by atoms with Crippen LogP contribution in [0.15, 0.2) is 22.7 Å². The van der Waals surface area contributed by atoms with E-state index in [1.165, 1.54) is 19.0 Å². The van der Waals surface area contributed by atoms with Crippen molar-refractivity contribution in [3.8, 4) is 0 Å². The van der Waals surface area contributed by atoms with E-state index in [4.69, 9.17) is 4.42 Å². The molecule has 1 aliphatic carbocycles. The van der Waals surface area contributed by atoms with Crippen molar-refractivity contribution in [2.75, 3.05) is 0 Å². The minimum absolute atomic E-state index is 0.0836. The second-order valence-electron chi connectivity index (χ2n) is 5.24. The fourth-order valence-electron chi connectivity index (χ4n) is 2.77. The quantitative estimate of drug-likeness (QED) is 0.928. The van der Waals surface area contributed by atoms with Gasteiger partial charge in [0.15, 0.2) is 5.69 Å². The molecule has 0 spiro atoms. The van der Waals surface area contributed by atoms with Crippen molar-refractivity contribution >= 4 is 5.91 Å². The molecular formula is C14H18N4O2. The summed E-state index contributed by atoms with van der Waals surface area (Å²) in [4.78, 5) is 14.4. The lowest BCUT2D eigenvalue weighted by Crippen LogP contribution is -2.38. The average Bonchev–Trinajstić information content (AvgIpc) is 3.17. The van der Waals surface area contributed by atoms with Crippen molar-refractivity contribution in [3.63, 3.8) is 0 Å². The SMILES string of the molecule is Cc1ccc(CN(C(=O)c2cn[nH]n2)C2CCCC2)o1. The van der Waals surface area contributed by atoms with E-state index in [2.05, 4.69) is 15.4 Å². The molecule has 1 aliphatic rings. The molecule has 0 radical (unpaired) electrons. The molecule has 0 bridgehead atoms. The van der Waals surface area contributed by atoms with Gasteiger partial charge >= 0.3 is 0 Å². The third kappa shape index (κ3) is 2.59. The molecule has 0 unspecified atom stereocenters. The molecule has 1 amide bonds. The molecule has 2 aromatic heterocycles. The van der Waals surface area contributed by atoms with Gasteiger partial charge in [0.1, 0.15) is 11.5 Å². The number of aryl methyl sites for hydroxylation is 1. The molecule has 0 aliphatic heterocycles. The Kier molecular flexibility index (Phi) is 3.54. The minimum atomic E-state index is -0.0836. The zero-order chi connectivity index (χ0) is 13.9. The highest BCUT2D eigenvalue weighted by Crippen LogP contribution is 2.26. The van der Waals surface area contributed by atoms with Crippen molar-refractivity contribution in [2.45, 2.75) is 45.2 Å². The summed E-state index contributed by atoms with van der Waals surface area (Å²) >= 11 is 0. The van der Waals surface area contributed by atoms with E-state index in [1.807, 2.05) is 24.0 Å². The zero-order valence-corrected chi connectivity index (χ0v) is 11.5. The van der Waals surface area contributed by atoms with Gasteiger partial charge in [-0.05, 0) is 31.9 Å². The maximum atomic E-state index is 12.6. The Hall–Kier alpha value is -2.11. The molecule has 106 valence electrons. The second kappa shape index (κ2) is 5.48. The number of amides is 1. The molecule has 3 rings (SSSR count). The molecule has 2 aromatic rings. The molecular weight excluding hydrogens is 256 g/mol. The first-order chi connectivity index (χ1) is 9.74. The van der Waals surface area contributed by atoms with Crippen LogP contribution < -0.4 is 0 Å². The van der Waals surface area contributed by atoms with Gasteiger partial charge in [0.25, 0.3) is 5.91 Å². The number of rotatable bonds is 4. The van der Waals surface area contributed by atoms with Gasteiger partial charge in [-0.15, -0.1) is 0 Å². The van der Waals surface area contributed by atoms with Crippen LogP contribution in [0.2, 0.25) is 0 Å². The second-order valence-corrected chi connectivity index (χ2v) is 5.24. The smallest absolute Gasteiger partial charge is 0.276 e. The molecule has 1 fully saturated rings. The highest BCUT2D eigenvalue weighted by atomic mass is 16.3. The van der Waals surface area contributed by atoms with Gasteiger partial charge in [-0.25, -0.2) is 0 Å². The number of nitrogens with zero attached hydrogens (tertiary/aromatic N) is 3. The van der Waals surface area contributed by atoms with Gasteiger partial charge in [0.05, 0.1) is 12.7 Å². The van der Waals surface area contributed by atoms with Gasteiger partial charge in [-0.1, -0.05) is 12.8 Å². The van der Waals surface area contributed by atoms with Crippen LogP contribution in [-0.4, -0.2) is 32.3 Å². The molecule has 0 saturated heterocycles. The maximum Gasteiger partial charge on any atom is 0.276 e. The summed E-state index contributed by atoms with van der Waals surface area (Å²) in [6.45, 7) is 2.40. The summed E-state index contributed by atoms with van der Waals surface area (Å²) in [6, 6.07) is 4.11. The Morgan fingerprint density at radius 3 is 2.85 bits per heavy atom. The first-order valence-electron chi connectivity index (χ1n) is 6.96. The summed E-state index contributed by atoms with van der Waals surface area (Å²) in [5, 5.41) is 10.1. The predicted octanol–water partition coefficient (Wildman–Crippen LogP) is 2.29. The summed E-state index contributed by atoms with van der Waals surface area (Å²) < 4.78 is 5.60. The number of H-pyrrole nitrogens is 1. The highest BCUT2D eigenvalue weighted by Gasteiger charge is 2.29. The molecule has 6 nitrogen and oxygen atoms in total. The molecule has 20 heavy (non-hydrogen) atoms. The summed E-state index contributed by atoms with van der Waals surface area (Å²) in [6.07, 6.45) is 5.90. The monoisotopic (exact) mass is 274 g/mol. The van der Waals surface area contributed by atoms with E-state index in [-0.39, 0.29) is 11.9 Å². The van der Waals surface area contributed by atoms with Crippen LogP contribution in [0.4, 0.5) is 0 Å². The van der Waals surface area contributed by atoms with Crippen LogP contribution in [0.3, 0.4) is 0 Å². The standard InChI is InChI=1S/C14H18N4O2/c1-10-6-7-12(20-10)9-18(11-4-2-3-5-11)14(19)13-8-15-17-16-13/h6-8,11H,2-5,9H2,1H3,(H,15,16,17). The number of aromatic nitrogens is 3. The minimum Gasteiger partial charge on any atom is -0.464 e. The van der Waals surface area contributed by atoms with Crippen molar-refractivity contribution in [3.05, 3.63) is 35.5 Å². The lowest BCUT2D eigenvalue weighted by Gasteiger charge is -2.27. The van der Waals surface area contributed by atoms with Gasteiger partial charge in [0, 0.05) is 6.04 Å². The maximum absolute atomic E-state index is 12.6. The molecule has 0 aromatic carbocycles. The lowest BCUT2D eigenvalue weighted by atomic mass is 10.2.